The number of aryl methyl sites for hydroxylation is 2. The molecule has 0 fully saturated rings. The second-order valence-electron chi connectivity index (χ2n) is 4.68. The molecule has 1 N–H and O–H groups in total. The van der Waals surface area contributed by atoms with Gasteiger partial charge in [0.05, 0.1) is 0 Å². The van der Waals surface area contributed by atoms with Crippen molar-refractivity contribution in [2.45, 2.75) is 32.7 Å². The lowest BCUT2D eigenvalue weighted by molar-refractivity contribution is 0.467. The number of hydrogen-bond acceptors (Lipinski definition) is 2. The summed E-state index contributed by atoms with van der Waals surface area (Å²) in [5, 5.41) is 9.52. The van der Waals surface area contributed by atoms with Crippen LogP contribution < -0.4 is 5.56 Å². The van der Waals surface area contributed by atoms with Crippen LogP contribution in [-0.2, 0) is 19.4 Å². The summed E-state index contributed by atoms with van der Waals surface area (Å²) in [7, 11) is 0. The Hall–Kier alpha value is -2.03. The zero-order chi connectivity index (χ0) is 13.7. The van der Waals surface area contributed by atoms with Crippen LogP contribution in [0.3, 0.4) is 0 Å². The molecule has 1 aromatic carbocycles. The van der Waals surface area contributed by atoms with E-state index in [1.54, 1.807) is 10.6 Å². The number of benzene rings is 1. The fourth-order valence-corrected chi connectivity index (χ4v) is 2.24. The monoisotopic (exact) mass is 257 g/mol. The van der Waals surface area contributed by atoms with Crippen molar-refractivity contribution in [3.05, 3.63) is 64.1 Å². The van der Waals surface area contributed by atoms with Gasteiger partial charge >= 0.3 is 0 Å². The summed E-state index contributed by atoms with van der Waals surface area (Å²) in [6.45, 7) is 2.72. The van der Waals surface area contributed by atoms with Crippen molar-refractivity contribution in [2.24, 2.45) is 0 Å². The number of aromatic nitrogens is 1. The zero-order valence-corrected chi connectivity index (χ0v) is 11.2. The second-order valence-corrected chi connectivity index (χ2v) is 4.68. The van der Waals surface area contributed by atoms with Gasteiger partial charge in [-0.25, -0.2) is 0 Å². The lowest BCUT2D eigenvalue weighted by Crippen LogP contribution is -2.23. The Balaban J connectivity index is 2.22. The fourth-order valence-electron chi connectivity index (χ4n) is 2.24. The van der Waals surface area contributed by atoms with Crippen LogP contribution in [0.2, 0.25) is 0 Å². The molecule has 0 amide bonds. The molecular formula is C16H19NO2. The summed E-state index contributed by atoms with van der Waals surface area (Å²) in [6.07, 6.45) is 2.58. The topological polar surface area (TPSA) is 42.2 Å². The van der Waals surface area contributed by atoms with Gasteiger partial charge in [-0.2, -0.15) is 0 Å². The van der Waals surface area contributed by atoms with E-state index in [1.165, 1.54) is 11.6 Å². The van der Waals surface area contributed by atoms with Crippen LogP contribution in [-0.4, -0.2) is 9.67 Å². The number of rotatable bonds is 5. The highest BCUT2D eigenvalue weighted by atomic mass is 16.3. The first-order valence-electron chi connectivity index (χ1n) is 6.67. The molecule has 0 aliphatic heterocycles. The summed E-state index contributed by atoms with van der Waals surface area (Å²) in [4.78, 5) is 12.0. The van der Waals surface area contributed by atoms with Crippen molar-refractivity contribution in [2.75, 3.05) is 0 Å². The maximum Gasteiger partial charge on any atom is 0.254 e. The van der Waals surface area contributed by atoms with E-state index in [-0.39, 0.29) is 11.3 Å². The molecule has 3 heteroatoms. The average molecular weight is 257 g/mol. The first-order valence-corrected chi connectivity index (χ1v) is 6.67. The van der Waals surface area contributed by atoms with E-state index in [4.69, 9.17) is 0 Å². The molecule has 2 aromatic rings. The van der Waals surface area contributed by atoms with Gasteiger partial charge in [-0.15, -0.1) is 0 Å². The van der Waals surface area contributed by atoms with Crippen LogP contribution in [0.15, 0.2) is 47.3 Å². The lowest BCUT2D eigenvalue weighted by atomic mass is 10.1. The quantitative estimate of drug-likeness (QED) is 0.895. The fraction of sp³-hybridized carbons (Fsp3) is 0.312. The first-order chi connectivity index (χ1) is 9.20. The van der Waals surface area contributed by atoms with Crippen molar-refractivity contribution < 1.29 is 5.11 Å². The van der Waals surface area contributed by atoms with Crippen LogP contribution in [0.1, 0.15) is 24.6 Å². The van der Waals surface area contributed by atoms with E-state index in [9.17, 15) is 9.90 Å². The standard InChI is InChI=1S/C16H19NO2/c1-2-6-14-11-15(18)12-16(19)17(14)10-9-13-7-4-3-5-8-13/h3-5,7-8,11-12,18H,2,6,9-10H2,1H3. The van der Waals surface area contributed by atoms with Gasteiger partial charge in [-0.05, 0) is 24.5 Å². The van der Waals surface area contributed by atoms with Gasteiger partial charge in [-0.1, -0.05) is 43.7 Å². The minimum Gasteiger partial charge on any atom is -0.508 e. The third kappa shape index (κ3) is 3.47. The van der Waals surface area contributed by atoms with Crippen molar-refractivity contribution in [3.8, 4) is 5.75 Å². The Kier molecular flexibility index (Phi) is 4.39. The number of hydrogen-bond donors (Lipinski definition) is 1. The summed E-state index contributed by atoms with van der Waals surface area (Å²) in [6, 6.07) is 13.1. The highest BCUT2D eigenvalue weighted by Crippen LogP contribution is 2.11. The van der Waals surface area contributed by atoms with Crippen molar-refractivity contribution in [1.82, 2.24) is 4.57 Å². The third-order valence-corrected chi connectivity index (χ3v) is 3.17. The van der Waals surface area contributed by atoms with Crippen molar-refractivity contribution in [3.63, 3.8) is 0 Å². The van der Waals surface area contributed by atoms with Crippen molar-refractivity contribution >= 4 is 0 Å². The Labute approximate surface area is 113 Å². The molecule has 0 bridgehead atoms. The zero-order valence-electron chi connectivity index (χ0n) is 11.2. The molecule has 0 unspecified atom stereocenters. The highest BCUT2D eigenvalue weighted by Gasteiger charge is 2.06. The maximum atomic E-state index is 12.0. The third-order valence-electron chi connectivity index (χ3n) is 3.17. The predicted octanol–water partition coefficient (Wildman–Crippen LogP) is 2.75. The second kappa shape index (κ2) is 6.23. The molecule has 0 spiro atoms. The minimum atomic E-state index is -0.126. The Bertz CT molecular complexity index is 587. The summed E-state index contributed by atoms with van der Waals surface area (Å²) >= 11 is 0. The van der Waals surface area contributed by atoms with E-state index in [2.05, 4.69) is 19.1 Å². The normalized spacial score (nSPS) is 10.6. The minimum absolute atomic E-state index is 0.0596. The smallest absolute Gasteiger partial charge is 0.254 e. The van der Waals surface area contributed by atoms with Gasteiger partial charge < -0.3 is 9.67 Å². The SMILES string of the molecule is CCCc1cc(O)cc(=O)n1CCc1ccccc1. The van der Waals surface area contributed by atoms with E-state index >= 15 is 0 Å². The molecule has 19 heavy (non-hydrogen) atoms. The van der Waals surface area contributed by atoms with E-state index in [1.807, 2.05) is 18.2 Å². The summed E-state index contributed by atoms with van der Waals surface area (Å²) < 4.78 is 1.76. The molecule has 0 aliphatic rings. The molecule has 1 heterocycles. The number of nitrogens with zero attached hydrogens (tertiary/aromatic N) is 1. The van der Waals surface area contributed by atoms with Gasteiger partial charge in [0.2, 0.25) is 0 Å². The van der Waals surface area contributed by atoms with E-state index in [0.29, 0.717) is 6.54 Å². The molecule has 2 rings (SSSR count). The molecule has 1 aromatic heterocycles. The molecule has 100 valence electrons. The van der Waals surface area contributed by atoms with Gasteiger partial charge in [0.1, 0.15) is 5.75 Å². The summed E-state index contributed by atoms with van der Waals surface area (Å²) in [5.41, 5.74) is 1.99. The van der Waals surface area contributed by atoms with Gasteiger partial charge in [-0.3, -0.25) is 4.79 Å². The largest absolute Gasteiger partial charge is 0.508 e. The Morgan fingerprint density at radius 1 is 1.11 bits per heavy atom. The van der Waals surface area contributed by atoms with Gasteiger partial charge in [0.15, 0.2) is 0 Å². The Morgan fingerprint density at radius 2 is 1.84 bits per heavy atom. The average Bonchev–Trinajstić information content (AvgIpc) is 2.39. The maximum absolute atomic E-state index is 12.0. The van der Waals surface area contributed by atoms with Crippen LogP contribution >= 0.6 is 0 Å². The summed E-state index contributed by atoms with van der Waals surface area (Å²) in [5.74, 6) is 0.0596. The van der Waals surface area contributed by atoms with E-state index < -0.39 is 0 Å². The molecule has 0 atom stereocenters. The number of aromatic hydroxyl groups is 1. The van der Waals surface area contributed by atoms with Crippen LogP contribution in [0.4, 0.5) is 0 Å². The van der Waals surface area contributed by atoms with E-state index in [0.717, 1.165) is 25.0 Å². The predicted molar refractivity (Wildman–Crippen MR) is 76.5 cm³/mol. The molecule has 0 saturated carbocycles. The van der Waals surface area contributed by atoms with Gasteiger partial charge in [0.25, 0.3) is 5.56 Å². The molecular weight excluding hydrogens is 238 g/mol. The van der Waals surface area contributed by atoms with Gasteiger partial charge in [0, 0.05) is 18.3 Å². The lowest BCUT2D eigenvalue weighted by Gasteiger charge is -2.12. The molecule has 0 saturated heterocycles. The molecule has 0 radical (unpaired) electrons. The highest BCUT2D eigenvalue weighted by molar-refractivity contribution is 5.23. The molecule has 0 aliphatic carbocycles. The van der Waals surface area contributed by atoms with Crippen LogP contribution in [0.25, 0.3) is 0 Å². The van der Waals surface area contributed by atoms with Crippen molar-refractivity contribution in [1.29, 1.82) is 0 Å². The number of pyridine rings is 1. The first kappa shape index (κ1) is 13.4. The Morgan fingerprint density at radius 3 is 2.53 bits per heavy atom. The van der Waals surface area contributed by atoms with Crippen LogP contribution in [0, 0.1) is 0 Å². The van der Waals surface area contributed by atoms with Crippen LogP contribution in [0.5, 0.6) is 5.75 Å². The molecule has 3 nitrogen and oxygen atoms in total.